The van der Waals surface area contributed by atoms with Gasteiger partial charge in [0.2, 0.25) is 10.0 Å². The number of hydrogen-bond donors (Lipinski definition) is 1. The Balaban J connectivity index is 2.01. The summed E-state index contributed by atoms with van der Waals surface area (Å²) in [5, 5.41) is 2.67. The average molecular weight is 350 g/mol. The molecule has 128 valence electrons. The van der Waals surface area contributed by atoms with Crippen molar-refractivity contribution in [1.82, 2.24) is 9.62 Å². The summed E-state index contributed by atoms with van der Waals surface area (Å²) in [7, 11) is -3.32. The predicted octanol–water partition coefficient (Wildman–Crippen LogP) is 1.86. The van der Waals surface area contributed by atoms with Crippen LogP contribution in [0, 0.1) is 0 Å². The highest BCUT2D eigenvalue weighted by atomic mass is 32.2. The second kappa shape index (κ2) is 6.48. The Morgan fingerprint density at radius 3 is 2.39 bits per heavy atom. The highest BCUT2D eigenvalue weighted by Gasteiger charge is 2.30. The van der Waals surface area contributed by atoms with E-state index in [0.717, 1.165) is 30.5 Å². The van der Waals surface area contributed by atoms with E-state index in [-0.39, 0.29) is 18.2 Å². The van der Waals surface area contributed by atoms with Gasteiger partial charge in [-0.25, -0.2) is 12.7 Å². The van der Waals surface area contributed by atoms with Gasteiger partial charge in [-0.05, 0) is 37.1 Å². The second-order valence-corrected chi connectivity index (χ2v) is 7.49. The molecular formula is C14H17F3N2O3S. The van der Waals surface area contributed by atoms with Crippen molar-refractivity contribution in [3.63, 3.8) is 0 Å². The van der Waals surface area contributed by atoms with Crippen molar-refractivity contribution in [3.8, 4) is 0 Å². The van der Waals surface area contributed by atoms with Gasteiger partial charge in [-0.2, -0.15) is 13.2 Å². The van der Waals surface area contributed by atoms with Crippen LogP contribution in [0.1, 0.15) is 28.8 Å². The van der Waals surface area contributed by atoms with Crippen LogP contribution in [0.5, 0.6) is 0 Å². The molecule has 1 amide bonds. The molecule has 1 saturated heterocycles. The largest absolute Gasteiger partial charge is 0.416 e. The van der Waals surface area contributed by atoms with E-state index >= 15 is 0 Å². The van der Waals surface area contributed by atoms with Crippen molar-refractivity contribution in [1.29, 1.82) is 0 Å². The number of amides is 1. The SMILES string of the molecule is CS(=O)(=O)N1CCCC(NC(=O)c2ccc(C(F)(F)F)cc2)C1. The third-order valence-electron chi connectivity index (χ3n) is 3.66. The van der Waals surface area contributed by atoms with Crippen LogP contribution < -0.4 is 5.32 Å². The molecule has 1 aromatic carbocycles. The van der Waals surface area contributed by atoms with Gasteiger partial charge in [-0.15, -0.1) is 0 Å². The van der Waals surface area contributed by atoms with Crippen LogP contribution in [0.25, 0.3) is 0 Å². The second-order valence-electron chi connectivity index (χ2n) is 5.51. The first-order valence-electron chi connectivity index (χ1n) is 7.00. The van der Waals surface area contributed by atoms with Gasteiger partial charge in [-0.1, -0.05) is 0 Å². The molecule has 1 unspecified atom stereocenters. The highest BCUT2D eigenvalue weighted by molar-refractivity contribution is 7.88. The molecule has 0 radical (unpaired) electrons. The zero-order valence-electron chi connectivity index (χ0n) is 12.4. The van der Waals surface area contributed by atoms with Crippen molar-refractivity contribution in [2.45, 2.75) is 25.1 Å². The molecule has 0 saturated carbocycles. The predicted molar refractivity (Wildman–Crippen MR) is 78.3 cm³/mol. The van der Waals surface area contributed by atoms with Crippen LogP contribution >= 0.6 is 0 Å². The van der Waals surface area contributed by atoms with E-state index in [1.165, 1.54) is 4.31 Å². The van der Waals surface area contributed by atoms with Crippen molar-refractivity contribution in [3.05, 3.63) is 35.4 Å². The summed E-state index contributed by atoms with van der Waals surface area (Å²) in [6.45, 7) is 0.580. The van der Waals surface area contributed by atoms with Gasteiger partial charge >= 0.3 is 6.18 Å². The van der Waals surface area contributed by atoms with E-state index in [9.17, 15) is 26.4 Å². The Bertz CT molecular complexity index is 672. The molecule has 9 heteroatoms. The molecule has 1 aliphatic rings. The number of halogens is 3. The average Bonchev–Trinajstić information content (AvgIpc) is 2.46. The number of nitrogens with one attached hydrogen (secondary N) is 1. The Morgan fingerprint density at radius 1 is 1.26 bits per heavy atom. The third-order valence-corrected chi connectivity index (χ3v) is 4.93. The first-order chi connectivity index (χ1) is 10.6. The lowest BCUT2D eigenvalue weighted by Crippen LogP contribution is -2.49. The van der Waals surface area contributed by atoms with Gasteiger partial charge in [0.25, 0.3) is 5.91 Å². The quantitative estimate of drug-likeness (QED) is 0.905. The highest BCUT2D eigenvalue weighted by Crippen LogP contribution is 2.29. The normalized spacial score (nSPS) is 20.3. The minimum Gasteiger partial charge on any atom is -0.348 e. The maximum Gasteiger partial charge on any atom is 0.416 e. The maximum atomic E-state index is 12.5. The molecule has 1 atom stereocenters. The van der Waals surface area contributed by atoms with E-state index in [2.05, 4.69) is 5.32 Å². The van der Waals surface area contributed by atoms with Gasteiger partial charge in [0.15, 0.2) is 0 Å². The fourth-order valence-corrected chi connectivity index (χ4v) is 3.35. The third kappa shape index (κ3) is 4.68. The molecule has 0 bridgehead atoms. The van der Waals surface area contributed by atoms with Crippen LogP contribution in [0.15, 0.2) is 24.3 Å². The lowest BCUT2D eigenvalue weighted by Gasteiger charge is -2.31. The minimum absolute atomic E-state index is 0.106. The number of alkyl halides is 3. The van der Waals surface area contributed by atoms with Crippen molar-refractivity contribution >= 4 is 15.9 Å². The van der Waals surface area contributed by atoms with E-state index in [4.69, 9.17) is 0 Å². The molecule has 1 heterocycles. The van der Waals surface area contributed by atoms with Gasteiger partial charge in [0.05, 0.1) is 11.8 Å². The Kier molecular flexibility index (Phi) is 5.00. The van der Waals surface area contributed by atoms with Crippen LogP contribution in [-0.2, 0) is 16.2 Å². The lowest BCUT2D eigenvalue weighted by atomic mass is 10.1. The molecule has 1 aromatic rings. The molecular weight excluding hydrogens is 333 g/mol. The summed E-state index contributed by atoms with van der Waals surface area (Å²) in [4.78, 5) is 12.1. The summed E-state index contributed by atoms with van der Waals surface area (Å²) in [6, 6.07) is 3.55. The van der Waals surface area contributed by atoms with Crippen LogP contribution in [-0.4, -0.2) is 44.0 Å². The van der Waals surface area contributed by atoms with Gasteiger partial charge in [-0.3, -0.25) is 4.79 Å². The van der Waals surface area contributed by atoms with Crippen LogP contribution in [0.4, 0.5) is 13.2 Å². The monoisotopic (exact) mass is 350 g/mol. The zero-order valence-corrected chi connectivity index (χ0v) is 13.2. The van der Waals surface area contributed by atoms with Crippen molar-refractivity contribution in [2.24, 2.45) is 0 Å². The van der Waals surface area contributed by atoms with Crippen LogP contribution in [0.3, 0.4) is 0 Å². The standard InChI is InChI=1S/C14H17F3N2O3S/c1-23(21,22)19-8-2-3-12(9-19)18-13(20)10-4-6-11(7-5-10)14(15,16)17/h4-7,12H,2-3,8-9H2,1H3,(H,18,20). The first kappa shape index (κ1) is 17.7. The summed E-state index contributed by atoms with van der Waals surface area (Å²) < 4.78 is 61.8. The van der Waals surface area contributed by atoms with Crippen molar-refractivity contribution in [2.75, 3.05) is 19.3 Å². The van der Waals surface area contributed by atoms with Gasteiger partial charge in [0.1, 0.15) is 0 Å². The van der Waals surface area contributed by atoms with E-state index in [1.54, 1.807) is 0 Å². The molecule has 1 fully saturated rings. The van der Waals surface area contributed by atoms with E-state index in [0.29, 0.717) is 19.4 Å². The Labute approximate surface area is 132 Å². The topological polar surface area (TPSA) is 66.5 Å². The number of carbonyl (C=O) groups is 1. The number of sulfonamides is 1. The Hall–Kier alpha value is -1.61. The lowest BCUT2D eigenvalue weighted by molar-refractivity contribution is -0.137. The molecule has 0 spiro atoms. The number of carbonyl (C=O) groups excluding carboxylic acids is 1. The summed E-state index contributed by atoms with van der Waals surface area (Å²) in [6.07, 6.45) is -2.11. The smallest absolute Gasteiger partial charge is 0.348 e. The van der Waals surface area contributed by atoms with E-state index in [1.807, 2.05) is 0 Å². The fourth-order valence-electron chi connectivity index (χ4n) is 2.44. The summed E-state index contributed by atoms with van der Waals surface area (Å²) in [5.41, 5.74) is -0.718. The zero-order chi connectivity index (χ0) is 17.3. The number of rotatable bonds is 3. The molecule has 1 N–H and O–H groups in total. The van der Waals surface area contributed by atoms with Crippen molar-refractivity contribution < 1.29 is 26.4 Å². The van der Waals surface area contributed by atoms with E-state index < -0.39 is 27.7 Å². The maximum absolute atomic E-state index is 12.5. The molecule has 0 aliphatic carbocycles. The Morgan fingerprint density at radius 2 is 1.87 bits per heavy atom. The first-order valence-corrected chi connectivity index (χ1v) is 8.85. The van der Waals surface area contributed by atoms with Gasteiger partial charge in [0, 0.05) is 24.7 Å². The molecule has 5 nitrogen and oxygen atoms in total. The number of piperidine rings is 1. The van der Waals surface area contributed by atoms with Crippen LogP contribution in [0.2, 0.25) is 0 Å². The summed E-state index contributed by atoms with van der Waals surface area (Å²) in [5.74, 6) is -0.515. The van der Waals surface area contributed by atoms with Gasteiger partial charge < -0.3 is 5.32 Å². The number of nitrogens with zero attached hydrogens (tertiary/aromatic N) is 1. The number of benzene rings is 1. The molecule has 2 rings (SSSR count). The molecule has 0 aromatic heterocycles. The number of hydrogen-bond acceptors (Lipinski definition) is 3. The molecule has 23 heavy (non-hydrogen) atoms. The molecule has 1 aliphatic heterocycles. The summed E-state index contributed by atoms with van der Waals surface area (Å²) >= 11 is 0. The fraction of sp³-hybridized carbons (Fsp3) is 0.500. The minimum atomic E-state index is -4.45.